The number of nitrogens with zero attached hydrogens (tertiary/aromatic N) is 5. The van der Waals surface area contributed by atoms with Crippen molar-refractivity contribution in [3.8, 4) is 45.5 Å². The zero-order valence-electron chi connectivity index (χ0n) is 29.3. The molecule has 6 rings (SSSR count). The van der Waals surface area contributed by atoms with Gasteiger partial charge in [0.15, 0.2) is 17.4 Å². The van der Waals surface area contributed by atoms with Crippen molar-refractivity contribution in [2.24, 2.45) is 0 Å². The van der Waals surface area contributed by atoms with Crippen molar-refractivity contribution in [2.45, 2.75) is 12.8 Å². The third-order valence-electron chi connectivity index (χ3n) is 7.92. The van der Waals surface area contributed by atoms with Gasteiger partial charge in [0, 0.05) is 53.6 Å². The molecular formula is C38H32F4N6O6. The van der Waals surface area contributed by atoms with Crippen molar-refractivity contribution in [1.82, 2.24) is 19.9 Å². The molecule has 0 fully saturated rings. The van der Waals surface area contributed by atoms with Crippen LogP contribution in [0.15, 0.2) is 85.5 Å². The van der Waals surface area contributed by atoms with Gasteiger partial charge in [-0.1, -0.05) is 0 Å². The number of nitrogen functional groups attached to an aromatic ring is 1. The Morgan fingerprint density at radius 2 is 1.07 bits per heavy atom. The average Bonchev–Trinajstić information content (AvgIpc) is 3.14. The quantitative estimate of drug-likeness (QED) is 0.0605. The maximum atomic E-state index is 14.1. The van der Waals surface area contributed by atoms with E-state index in [0.29, 0.717) is 62.9 Å². The molecule has 2 heterocycles. The molecule has 0 atom stereocenters. The summed E-state index contributed by atoms with van der Waals surface area (Å²) >= 11 is 0. The molecule has 4 aromatic carbocycles. The van der Waals surface area contributed by atoms with Gasteiger partial charge in [0.05, 0.1) is 50.4 Å². The second-order valence-corrected chi connectivity index (χ2v) is 11.4. The summed E-state index contributed by atoms with van der Waals surface area (Å²) in [6.45, 7) is 0. The van der Waals surface area contributed by atoms with Gasteiger partial charge in [-0.2, -0.15) is 0 Å². The maximum absolute atomic E-state index is 14.1. The first-order chi connectivity index (χ1) is 25.9. The van der Waals surface area contributed by atoms with Crippen LogP contribution in [0, 0.1) is 33.4 Å². The monoisotopic (exact) mass is 744 g/mol. The maximum Gasteiger partial charge on any atom is 0.314 e. The van der Waals surface area contributed by atoms with Crippen LogP contribution in [-0.4, -0.2) is 53.3 Å². The molecule has 0 spiro atoms. The molecule has 0 aliphatic carbocycles. The molecule has 16 heteroatoms. The van der Waals surface area contributed by atoms with Gasteiger partial charge in [0.2, 0.25) is 5.75 Å². The summed E-state index contributed by atoms with van der Waals surface area (Å²) in [6, 6.07) is 17.0. The number of nitro benzene ring substituents is 1. The van der Waals surface area contributed by atoms with Crippen LogP contribution in [0.2, 0.25) is 0 Å². The largest absolute Gasteiger partial charge is 0.496 e. The molecule has 0 bridgehead atoms. The molecule has 0 aliphatic rings. The minimum absolute atomic E-state index is 0.0215. The molecule has 2 N–H and O–H groups in total. The van der Waals surface area contributed by atoms with Crippen molar-refractivity contribution >= 4 is 11.4 Å². The van der Waals surface area contributed by atoms with E-state index in [1.54, 1.807) is 24.3 Å². The summed E-state index contributed by atoms with van der Waals surface area (Å²) in [5, 5.41) is 11.2. The molecule has 0 unspecified atom stereocenters. The fourth-order valence-electron chi connectivity index (χ4n) is 5.52. The number of ether oxygens (including phenoxy) is 4. The van der Waals surface area contributed by atoms with E-state index < -0.39 is 39.6 Å². The van der Waals surface area contributed by atoms with Crippen molar-refractivity contribution in [3.05, 3.63) is 141 Å². The lowest BCUT2D eigenvalue weighted by molar-refractivity contribution is -0.386. The van der Waals surface area contributed by atoms with Crippen LogP contribution in [-0.2, 0) is 12.8 Å². The van der Waals surface area contributed by atoms with Crippen molar-refractivity contribution in [3.63, 3.8) is 0 Å². The van der Waals surface area contributed by atoms with Gasteiger partial charge in [-0.3, -0.25) is 10.1 Å². The van der Waals surface area contributed by atoms with E-state index in [0.717, 1.165) is 13.2 Å². The average molecular weight is 745 g/mol. The SMILES string of the molecule is COc1cc(F)ccc1-c1cc(Cc2cc(F)c(OC)c([N+](=O)[O-])c2)ncn1.COc1cc(F)ccc1-c1cc(Cc2cc(N)c(OC)c(F)c2)ncn1. The first-order valence-electron chi connectivity index (χ1n) is 15.9. The molecule has 0 radical (unpaired) electrons. The van der Waals surface area contributed by atoms with Crippen LogP contribution in [0.4, 0.5) is 28.9 Å². The fraction of sp³-hybridized carbons (Fsp3) is 0.158. The van der Waals surface area contributed by atoms with Gasteiger partial charge in [-0.25, -0.2) is 37.5 Å². The van der Waals surface area contributed by atoms with E-state index in [-0.39, 0.29) is 17.9 Å². The van der Waals surface area contributed by atoms with E-state index in [4.69, 9.17) is 24.7 Å². The lowest BCUT2D eigenvalue weighted by atomic mass is 10.1. The van der Waals surface area contributed by atoms with Crippen molar-refractivity contribution < 1.29 is 41.4 Å². The van der Waals surface area contributed by atoms with Crippen molar-refractivity contribution in [1.29, 1.82) is 0 Å². The second-order valence-electron chi connectivity index (χ2n) is 11.4. The van der Waals surface area contributed by atoms with Gasteiger partial charge in [0.25, 0.3) is 0 Å². The third-order valence-corrected chi connectivity index (χ3v) is 7.92. The number of methoxy groups -OCH3 is 4. The molecule has 278 valence electrons. The standard InChI is InChI=1S/C19H15F2N3O4.C19H17F2N3O2/c1-27-18-8-12(20)3-4-14(18)16-9-13(22-10-23-16)5-11-6-15(21)19(28-2)17(7-11)24(25)26;1-25-18-8-12(20)3-4-14(18)17-9-13(23-10-24-17)5-11-6-15(21)19(26-2)16(22)7-11/h3-4,6-10H,5H2,1-2H3;3-4,6-10H,5,22H2,1-2H3. The number of hydrogen-bond donors (Lipinski definition) is 1. The summed E-state index contributed by atoms with van der Waals surface area (Å²) in [6.07, 6.45) is 3.18. The van der Waals surface area contributed by atoms with E-state index >= 15 is 0 Å². The molecule has 54 heavy (non-hydrogen) atoms. The van der Waals surface area contributed by atoms with Crippen LogP contribution in [0.1, 0.15) is 22.5 Å². The van der Waals surface area contributed by atoms with Gasteiger partial charge >= 0.3 is 5.69 Å². The predicted molar refractivity (Wildman–Crippen MR) is 191 cm³/mol. The van der Waals surface area contributed by atoms with Crippen LogP contribution in [0.5, 0.6) is 23.0 Å². The van der Waals surface area contributed by atoms with Gasteiger partial charge < -0.3 is 24.7 Å². The minimum Gasteiger partial charge on any atom is -0.496 e. The Bertz CT molecular complexity index is 2290. The normalized spacial score (nSPS) is 10.6. The summed E-state index contributed by atoms with van der Waals surface area (Å²) in [5.41, 5.74) is 9.96. The van der Waals surface area contributed by atoms with Gasteiger partial charge in [0.1, 0.15) is 35.8 Å². The van der Waals surface area contributed by atoms with Crippen LogP contribution >= 0.6 is 0 Å². The number of anilines is 1. The van der Waals surface area contributed by atoms with Crippen LogP contribution < -0.4 is 24.7 Å². The lowest BCUT2D eigenvalue weighted by Gasteiger charge is -2.10. The highest BCUT2D eigenvalue weighted by Gasteiger charge is 2.21. The summed E-state index contributed by atoms with van der Waals surface area (Å²) in [5.74, 6) is -1.94. The fourth-order valence-corrected chi connectivity index (χ4v) is 5.52. The Hall–Kier alpha value is -6.84. The molecule has 0 aliphatic heterocycles. The van der Waals surface area contributed by atoms with Crippen LogP contribution in [0.25, 0.3) is 22.5 Å². The zero-order valence-corrected chi connectivity index (χ0v) is 29.3. The zero-order chi connectivity index (χ0) is 38.9. The number of halogens is 4. The van der Waals surface area contributed by atoms with E-state index in [9.17, 15) is 27.7 Å². The topological polar surface area (TPSA) is 158 Å². The first kappa shape index (κ1) is 38.4. The molecule has 0 amide bonds. The molecule has 0 saturated heterocycles. The second kappa shape index (κ2) is 17.1. The number of nitro groups is 1. The molecular weight excluding hydrogens is 712 g/mol. The number of aromatic nitrogens is 4. The third kappa shape index (κ3) is 8.96. The Morgan fingerprint density at radius 1 is 0.611 bits per heavy atom. The summed E-state index contributed by atoms with van der Waals surface area (Å²) in [7, 11) is 5.40. The Labute approximate surface area is 306 Å². The van der Waals surface area contributed by atoms with E-state index in [2.05, 4.69) is 19.9 Å². The highest BCUT2D eigenvalue weighted by molar-refractivity contribution is 5.68. The summed E-state index contributed by atoms with van der Waals surface area (Å²) < 4.78 is 75.0. The Kier molecular flexibility index (Phi) is 12.2. The first-order valence-corrected chi connectivity index (χ1v) is 15.9. The molecule has 6 aromatic rings. The molecule has 12 nitrogen and oxygen atoms in total. The number of benzene rings is 4. The Morgan fingerprint density at radius 3 is 1.50 bits per heavy atom. The minimum atomic E-state index is -0.832. The number of nitrogens with two attached hydrogens (primary N) is 1. The predicted octanol–water partition coefficient (Wildman–Crippen LogP) is 7.55. The van der Waals surface area contributed by atoms with Gasteiger partial charge in [-0.15, -0.1) is 0 Å². The molecule has 2 aromatic heterocycles. The number of hydrogen-bond acceptors (Lipinski definition) is 11. The van der Waals surface area contributed by atoms with E-state index in [1.165, 1.54) is 76.4 Å². The molecule has 0 saturated carbocycles. The van der Waals surface area contributed by atoms with Crippen molar-refractivity contribution in [2.75, 3.05) is 34.2 Å². The van der Waals surface area contributed by atoms with E-state index in [1.807, 2.05) is 0 Å². The summed E-state index contributed by atoms with van der Waals surface area (Å²) in [4.78, 5) is 27.2. The Balaban J connectivity index is 0.000000208. The highest BCUT2D eigenvalue weighted by Crippen LogP contribution is 2.34. The smallest absolute Gasteiger partial charge is 0.314 e. The highest BCUT2D eigenvalue weighted by atomic mass is 19.1. The lowest BCUT2D eigenvalue weighted by Crippen LogP contribution is -2.01. The van der Waals surface area contributed by atoms with Crippen LogP contribution in [0.3, 0.4) is 0 Å². The number of rotatable bonds is 11. The van der Waals surface area contributed by atoms with Gasteiger partial charge in [-0.05, 0) is 65.7 Å².